The quantitative estimate of drug-likeness (QED) is 0.299. The van der Waals surface area contributed by atoms with Crippen LogP contribution in [0.25, 0.3) is 11.0 Å². The highest BCUT2D eigenvalue weighted by Crippen LogP contribution is 2.47. The van der Waals surface area contributed by atoms with Crippen LogP contribution in [0.4, 0.5) is 0 Å². The Labute approximate surface area is 168 Å². The fourth-order valence-corrected chi connectivity index (χ4v) is 7.06. The summed E-state index contributed by atoms with van der Waals surface area (Å²) < 4.78 is 3.94. The third-order valence-corrected chi connectivity index (χ3v) is 8.10. The van der Waals surface area contributed by atoms with Crippen molar-refractivity contribution in [2.45, 2.75) is 33.7 Å². The van der Waals surface area contributed by atoms with Gasteiger partial charge in [-0.1, -0.05) is 0 Å². The summed E-state index contributed by atoms with van der Waals surface area (Å²) in [6, 6.07) is 8.58. The van der Waals surface area contributed by atoms with E-state index in [-0.39, 0.29) is 0 Å². The predicted octanol–water partition coefficient (Wildman–Crippen LogP) is 5.84. The highest BCUT2D eigenvalue weighted by Gasteiger charge is 2.18. The Bertz CT molecular complexity index is 1010. The molecule has 0 spiro atoms. The first-order chi connectivity index (χ1) is 12.6. The molecule has 4 heterocycles. The average Bonchev–Trinajstić information content (AvgIpc) is 3.16. The summed E-state index contributed by atoms with van der Waals surface area (Å²) in [5, 5.41) is 11.5. The van der Waals surface area contributed by atoms with E-state index in [2.05, 4.69) is 50.6 Å². The lowest BCUT2D eigenvalue weighted by Crippen LogP contribution is -1.86. The van der Waals surface area contributed by atoms with Crippen molar-refractivity contribution in [3.8, 4) is 0 Å². The van der Waals surface area contributed by atoms with Gasteiger partial charge >= 0.3 is 0 Å². The van der Waals surface area contributed by atoms with Gasteiger partial charge in [0.1, 0.15) is 10.1 Å². The van der Waals surface area contributed by atoms with Crippen LogP contribution < -0.4 is 0 Å². The Balaban J connectivity index is 1.76. The van der Waals surface area contributed by atoms with E-state index in [1.807, 2.05) is 21.4 Å². The van der Waals surface area contributed by atoms with Crippen molar-refractivity contribution in [3.63, 3.8) is 0 Å². The smallest absolute Gasteiger partial charge is 0.133 e. The number of aromatic nitrogens is 4. The lowest BCUT2D eigenvalue weighted by molar-refractivity contribution is 0.893. The van der Waals surface area contributed by atoms with Gasteiger partial charge in [0, 0.05) is 12.4 Å². The summed E-state index contributed by atoms with van der Waals surface area (Å²) in [6.45, 7) is 4.24. The largest absolute Gasteiger partial charge is 0.239 e. The molecule has 0 aromatic carbocycles. The molecule has 134 valence electrons. The molecule has 0 radical (unpaired) electrons. The number of pyridine rings is 2. The third-order valence-electron chi connectivity index (χ3n) is 4.03. The third kappa shape index (κ3) is 3.24. The zero-order valence-corrected chi connectivity index (χ0v) is 18.2. The topological polar surface area (TPSA) is 34.6 Å². The molecule has 0 saturated carbocycles. The molecule has 8 heteroatoms. The molecule has 0 aliphatic rings. The predicted molar refractivity (Wildman–Crippen MR) is 115 cm³/mol. The van der Waals surface area contributed by atoms with E-state index in [1.54, 1.807) is 45.1 Å². The molecule has 4 aromatic rings. The van der Waals surface area contributed by atoms with Crippen molar-refractivity contribution in [2.24, 2.45) is 0 Å². The summed E-state index contributed by atoms with van der Waals surface area (Å²) in [5.41, 5.74) is 4.80. The molecule has 4 rings (SSSR count). The van der Waals surface area contributed by atoms with E-state index in [1.165, 1.54) is 20.9 Å². The Kier molecular flexibility index (Phi) is 5.18. The van der Waals surface area contributed by atoms with Gasteiger partial charge in [-0.25, -0.2) is 9.03 Å². The normalized spacial score (nSPS) is 11.7. The van der Waals surface area contributed by atoms with Gasteiger partial charge in [0.25, 0.3) is 0 Å². The molecular formula is C18H18N4S4. The van der Waals surface area contributed by atoms with Gasteiger partial charge in [-0.15, -0.1) is 23.5 Å². The molecule has 0 atom stereocenters. The second kappa shape index (κ2) is 7.42. The van der Waals surface area contributed by atoms with Crippen LogP contribution in [0.3, 0.4) is 0 Å². The van der Waals surface area contributed by atoms with Gasteiger partial charge in [0.05, 0.1) is 20.8 Å². The highest BCUT2D eigenvalue weighted by atomic mass is 33.1. The molecule has 0 fully saturated rings. The summed E-state index contributed by atoms with van der Waals surface area (Å²) in [4.78, 5) is 2.43. The van der Waals surface area contributed by atoms with Gasteiger partial charge in [0.2, 0.25) is 0 Å². The zero-order chi connectivity index (χ0) is 18.3. The molecule has 0 unspecified atom stereocenters. The Morgan fingerprint density at radius 1 is 0.731 bits per heavy atom. The molecular weight excluding hydrogens is 400 g/mol. The fourth-order valence-electron chi connectivity index (χ4n) is 2.72. The first-order valence-electron chi connectivity index (χ1n) is 8.01. The standard InChI is InChI=1S/C18H18N4S4/c1-11-5-7-21-13(9-11)15(17(19-21)23-3)25-26-16-14-10-12(2)6-8-22(14)20-18(16)24-4/h5-10H,1-4H3. The van der Waals surface area contributed by atoms with Crippen molar-refractivity contribution < 1.29 is 0 Å². The molecule has 0 aliphatic heterocycles. The molecule has 0 saturated heterocycles. The van der Waals surface area contributed by atoms with Crippen LogP contribution in [0.2, 0.25) is 0 Å². The number of fused-ring (bicyclic) bond motifs is 2. The number of nitrogens with zero attached hydrogens (tertiary/aromatic N) is 4. The van der Waals surface area contributed by atoms with Gasteiger partial charge in [-0.3, -0.25) is 0 Å². The zero-order valence-electron chi connectivity index (χ0n) is 14.9. The lowest BCUT2D eigenvalue weighted by Gasteiger charge is -2.03. The monoisotopic (exact) mass is 418 g/mol. The van der Waals surface area contributed by atoms with Crippen LogP contribution in [-0.2, 0) is 0 Å². The number of hydrogen-bond acceptors (Lipinski definition) is 6. The summed E-state index contributed by atoms with van der Waals surface area (Å²) in [7, 11) is 3.54. The number of thioether (sulfide) groups is 2. The minimum absolute atomic E-state index is 1.06. The SMILES string of the molecule is CSc1nn2ccc(C)cc2c1SSc1c(SC)nn2ccc(C)cc12. The summed E-state index contributed by atoms with van der Waals surface area (Å²) in [5.74, 6) is 0. The van der Waals surface area contributed by atoms with Crippen molar-refractivity contribution in [3.05, 3.63) is 47.8 Å². The van der Waals surface area contributed by atoms with Crippen molar-refractivity contribution in [1.82, 2.24) is 19.2 Å². The lowest BCUT2D eigenvalue weighted by atomic mass is 10.3. The molecule has 0 N–H and O–H groups in total. The molecule has 26 heavy (non-hydrogen) atoms. The van der Waals surface area contributed by atoms with Crippen LogP contribution in [-0.4, -0.2) is 31.7 Å². The molecule has 0 aliphatic carbocycles. The average molecular weight is 419 g/mol. The van der Waals surface area contributed by atoms with Crippen LogP contribution >= 0.6 is 45.1 Å². The van der Waals surface area contributed by atoms with Crippen LogP contribution in [0.1, 0.15) is 11.1 Å². The maximum Gasteiger partial charge on any atom is 0.133 e. The maximum absolute atomic E-state index is 4.71. The minimum Gasteiger partial charge on any atom is -0.239 e. The highest BCUT2D eigenvalue weighted by molar-refractivity contribution is 8.76. The van der Waals surface area contributed by atoms with Crippen molar-refractivity contribution in [1.29, 1.82) is 0 Å². The van der Waals surface area contributed by atoms with E-state index in [9.17, 15) is 0 Å². The molecule has 4 aromatic heterocycles. The molecule has 4 nitrogen and oxygen atoms in total. The van der Waals surface area contributed by atoms with E-state index in [4.69, 9.17) is 10.2 Å². The summed E-state index contributed by atoms with van der Waals surface area (Å²) >= 11 is 3.38. The number of hydrogen-bond donors (Lipinski definition) is 0. The Hall–Kier alpha value is -1.22. The minimum atomic E-state index is 1.06. The fraction of sp³-hybridized carbons (Fsp3) is 0.222. The first kappa shape index (κ1) is 18.2. The van der Waals surface area contributed by atoms with Crippen molar-refractivity contribution >= 4 is 56.1 Å². The Morgan fingerprint density at radius 2 is 1.15 bits per heavy atom. The van der Waals surface area contributed by atoms with Gasteiger partial charge in [0.15, 0.2) is 0 Å². The van der Waals surface area contributed by atoms with Gasteiger partial charge < -0.3 is 0 Å². The second-order valence-corrected chi connectivity index (χ2v) is 9.65. The van der Waals surface area contributed by atoms with Gasteiger partial charge in [-0.2, -0.15) is 10.2 Å². The van der Waals surface area contributed by atoms with Crippen LogP contribution in [0, 0.1) is 13.8 Å². The van der Waals surface area contributed by atoms with E-state index in [0.717, 1.165) is 21.1 Å². The Morgan fingerprint density at radius 3 is 1.54 bits per heavy atom. The van der Waals surface area contributed by atoms with Crippen molar-refractivity contribution in [2.75, 3.05) is 12.5 Å². The second-order valence-electron chi connectivity index (χ2n) is 5.91. The van der Waals surface area contributed by atoms with Gasteiger partial charge in [-0.05, 0) is 83.3 Å². The van der Waals surface area contributed by atoms with E-state index < -0.39 is 0 Å². The maximum atomic E-state index is 4.71. The van der Waals surface area contributed by atoms with Crippen LogP contribution in [0.5, 0.6) is 0 Å². The number of rotatable bonds is 5. The molecule has 0 amide bonds. The van der Waals surface area contributed by atoms with E-state index in [0.29, 0.717) is 0 Å². The molecule has 0 bridgehead atoms. The first-order valence-corrected chi connectivity index (χ1v) is 12.6. The van der Waals surface area contributed by atoms with E-state index >= 15 is 0 Å². The number of aryl methyl sites for hydroxylation is 2. The van der Waals surface area contributed by atoms with Crippen LogP contribution in [0.15, 0.2) is 56.5 Å². The summed E-state index contributed by atoms with van der Waals surface area (Å²) in [6.07, 6.45) is 8.22.